The number of carbonyl (C=O) groups excluding carboxylic acids is 2. The highest BCUT2D eigenvalue weighted by Gasteiger charge is 2.41. The lowest BCUT2D eigenvalue weighted by Crippen LogP contribution is -2.45. The first-order chi connectivity index (χ1) is 7.73. The van der Waals surface area contributed by atoms with E-state index < -0.39 is 12.1 Å². The number of carbonyl (C=O) groups is 2. The maximum atomic E-state index is 12.2. The van der Waals surface area contributed by atoms with Crippen LogP contribution in [0.4, 0.5) is 13.2 Å². The molecule has 0 aliphatic heterocycles. The molecule has 0 heterocycles. The van der Waals surface area contributed by atoms with Crippen LogP contribution in [0.25, 0.3) is 0 Å². The predicted molar refractivity (Wildman–Crippen MR) is 56.2 cm³/mol. The average Bonchev–Trinajstić information content (AvgIpc) is 2.22. The summed E-state index contributed by atoms with van der Waals surface area (Å²) in [7, 11) is 0. The number of amides is 2. The highest BCUT2D eigenvalue weighted by atomic mass is 19.4. The predicted octanol–water partition coefficient (Wildman–Crippen LogP) is 1.27. The summed E-state index contributed by atoms with van der Waals surface area (Å²) in [5.41, 5.74) is 0. The second kappa shape index (κ2) is 6.46. The Kier molecular flexibility index (Phi) is 5.98. The van der Waals surface area contributed by atoms with Crippen molar-refractivity contribution in [2.75, 3.05) is 26.2 Å². The molecule has 0 aromatic rings. The van der Waals surface area contributed by atoms with Crippen LogP contribution in [0, 0.1) is 0 Å². The SMILES string of the molecule is CCN(CCN(CC)C(=O)C(F)(F)F)C(C)=O. The van der Waals surface area contributed by atoms with E-state index in [2.05, 4.69) is 0 Å². The number of alkyl halides is 3. The van der Waals surface area contributed by atoms with Crippen molar-refractivity contribution < 1.29 is 22.8 Å². The topological polar surface area (TPSA) is 40.6 Å². The number of halogens is 3. The molecular formula is C10H17F3N2O2. The lowest BCUT2D eigenvalue weighted by Gasteiger charge is -2.26. The molecule has 0 aliphatic carbocycles. The van der Waals surface area contributed by atoms with Crippen molar-refractivity contribution >= 4 is 11.8 Å². The molecule has 0 bridgehead atoms. The standard InChI is InChI=1S/C10H17F3N2O2/c1-4-14(8(3)16)6-7-15(5-2)9(17)10(11,12)13/h4-7H2,1-3H3. The van der Waals surface area contributed by atoms with Gasteiger partial charge in [-0.1, -0.05) is 0 Å². The Morgan fingerprint density at radius 1 is 1.00 bits per heavy atom. The van der Waals surface area contributed by atoms with E-state index >= 15 is 0 Å². The summed E-state index contributed by atoms with van der Waals surface area (Å²) in [6.45, 7) is 4.91. The zero-order valence-corrected chi connectivity index (χ0v) is 10.2. The molecule has 0 aromatic carbocycles. The molecule has 0 aliphatic rings. The van der Waals surface area contributed by atoms with Crippen molar-refractivity contribution in [2.24, 2.45) is 0 Å². The molecule has 0 saturated carbocycles. The van der Waals surface area contributed by atoms with Crippen LogP contribution < -0.4 is 0 Å². The highest BCUT2D eigenvalue weighted by molar-refractivity contribution is 5.81. The molecule has 2 amide bonds. The van der Waals surface area contributed by atoms with Crippen molar-refractivity contribution in [1.82, 2.24) is 9.80 Å². The van der Waals surface area contributed by atoms with E-state index in [1.165, 1.54) is 18.7 Å². The maximum Gasteiger partial charge on any atom is 0.471 e. The number of likely N-dealkylation sites (N-methyl/N-ethyl adjacent to an activating group) is 2. The summed E-state index contributed by atoms with van der Waals surface area (Å²) >= 11 is 0. The van der Waals surface area contributed by atoms with E-state index in [0.717, 1.165) is 0 Å². The molecule has 0 spiro atoms. The summed E-state index contributed by atoms with van der Waals surface area (Å²) in [5, 5.41) is 0. The lowest BCUT2D eigenvalue weighted by molar-refractivity contribution is -0.185. The minimum atomic E-state index is -4.86. The third-order valence-corrected chi connectivity index (χ3v) is 2.38. The second-order valence-electron chi connectivity index (χ2n) is 3.48. The summed E-state index contributed by atoms with van der Waals surface area (Å²) in [5.74, 6) is -2.08. The molecule has 0 saturated heterocycles. The van der Waals surface area contributed by atoms with Crippen LogP contribution in [0.5, 0.6) is 0 Å². The second-order valence-corrected chi connectivity index (χ2v) is 3.48. The Morgan fingerprint density at radius 2 is 1.41 bits per heavy atom. The minimum Gasteiger partial charge on any atom is -0.341 e. The third kappa shape index (κ3) is 5.06. The van der Waals surface area contributed by atoms with Crippen LogP contribution in [0.1, 0.15) is 20.8 Å². The number of rotatable bonds is 5. The fraction of sp³-hybridized carbons (Fsp3) is 0.800. The van der Waals surface area contributed by atoms with Crippen LogP contribution >= 0.6 is 0 Å². The van der Waals surface area contributed by atoms with E-state index in [1.54, 1.807) is 6.92 Å². The first-order valence-electron chi connectivity index (χ1n) is 5.35. The van der Waals surface area contributed by atoms with Crippen LogP contribution in [0.3, 0.4) is 0 Å². The van der Waals surface area contributed by atoms with Crippen molar-refractivity contribution in [1.29, 1.82) is 0 Å². The van der Waals surface area contributed by atoms with E-state index in [0.29, 0.717) is 11.4 Å². The summed E-state index contributed by atoms with van der Waals surface area (Å²) in [6.07, 6.45) is -4.86. The van der Waals surface area contributed by atoms with E-state index in [9.17, 15) is 22.8 Å². The molecule has 0 N–H and O–H groups in total. The summed E-state index contributed by atoms with van der Waals surface area (Å²) in [6, 6.07) is 0. The molecule has 4 nitrogen and oxygen atoms in total. The normalized spacial score (nSPS) is 11.2. The quantitative estimate of drug-likeness (QED) is 0.741. The van der Waals surface area contributed by atoms with Gasteiger partial charge in [0, 0.05) is 33.1 Å². The van der Waals surface area contributed by atoms with Gasteiger partial charge < -0.3 is 9.80 Å². The fourth-order valence-electron chi connectivity index (χ4n) is 1.36. The van der Waals surface area contributed by atoms with Crippen LogP contribution in [0.15, 0.2) is 0 Å². The van der Waals surface area contributed by atoms with Crippen molar-refractivity contribution in [3.05, 3.63) is 0 Å². The van der Waals surface area contributed by atoms with Gasteiger partial charge in [0.15, 0.2) is 0 Å². The molecule has 7 heteroatoms. The van der Waals surface area contributed by atoms with Gasteiger partial charge in [0.1, 0.15) is 0 Å². The van der Waals surface area contributed by atoms with Gasteiger partial charge in [-0.2, -0.15) is 13.2 Å². The van der Waals surface area contributed by atoms with Gasteiger partial charge in [0.05, 0.1) is 0 Å². The Labute approximate surface area is 98.4 Å². The minimum absolute atomic E-state index is 0.0339. The molecule has 0 atom stereocenters. The smallest absolute Gasteiger partial charge is 0.341 e. The maximum absolute atomic E-state index is 12.2. The average molecular weight is 254 g/mol. The molecular weight excluding hydrogens is 237 g/mol. The van der Waals surface area contributed by atoms with Gasteiger partial charge in [-0.25, -0.2) is 0 Å². The van der Waals surface area contributed by atoms with E-state index in [-0.39, 0.29) is 25.5 Å². The van der Waals surface area contributed by atoms with Crippen LogP contribution in [-0.2, 0) is 9.59 Å². The molecule has 100 valence electrons. The van der Waals surface area contributed by atoms with E-state index in [1.807, 2.05) is 0 Å². The Balaban J connectivity index is 4.42. The number of hydrogen-bond acceptors (Lipinski definition) is 2. The van der Waals surface area contributed by atoms with Gasteiger partial charge in [0.2, 0.25) is 5.91 Å². The fourth-order valence-corrected chi connectivity index (χ4v) is 1.36. The van der Waals surface area contributed by atoms with E-state index in [4.69, 9.17) is 0 Å². The highest BCUT2D eigenvalue weighted by Crippen LogP contribution is 2.18. The third-order valence-electron chi connectivity index (χ3n) is 2.38. The van der Waals surface area contributed by atoms with Gasteiger partial charge >= 0.3 is 12.1 Å². The zero-order valence-electron chi connectivity index (χ0n) is 10.2. The summed E-state index contributed by atoms with van der Waals surface area (Å²) < 4.78 is 36.5. The first kappa shape index (κ1) is 15.7. The molecule has 17 heavy (non-hydrogen) atoms. The van der Waals surface area contributed by atoms with Gasteiger partial charge in [-0.15, -0.1) is 0 Å². The number of nitrogens with zero attached hydrogens (tertiary/aromatic N) is 2. The monoisotopic (exact) mass is 254 g/mol. The molecule has 0 unspecified atom stereocenters. The largest absolute Gasteiger partial charge is 0.471 e. The van der Waals surface area contributed by atoms with Gasteiger partial charge in [0.25, 0.3) is 0 Å². The van der Waals surface area contributed by atoms with Crippen molar-refractivity contribution in [3.8, 4) is 0 Å². The molecule has 0 fully saturated rings. The lowest BCUT2D eigenvalue weighted by atomic mass is 10.4. The summed E-state index contributed by atoms with van der Waals surface area (Å²) in [4.78, 5) is 24.1. The van der Waals surface area contributed by atoms with Crippen LogP contribution in [-0.4, -0.2) is 54.0 Å². The number of hydrogen-bond donors (Lipinski definition) is 0. The molecule has 0 rings (SSSR count). The molecule has 0 aromatic heterocycles. The van der Waals surface area contributed by atoms with Gasteiger partial charge in [-0.3, -0.25) is 9.59 Å². The Hall–Kier alpha value is -1.27. The Bertz CT molecular complexity index is 279. The van der Waals surface area contributed by atoms with Crippen molar-refractivity contribution in [3.63, 3.8) is 0 Å². The molecule has 0 radical (unpaired) electrons. The van der Waals surface area contributed by atoms with Crippen molar-refractivity contribution in [2.45, 2.75) is 26.9 Å². The van der Waals surface area contributed by atoms with Gasteiger partial charge in [-0.05, 0) is 13.8 Å². The van der Waals surface area contributed by atoms with Crippen LogP contribution in [0.2, 0.25) is 0 Å². The Morgan fingerprint density at radius 3 is 1.71 bits per heavy atom. The first-order valence-corrected chi connectivity index (χ1v) is 5.35. The zero-order chi connectivity index (χ0) is 13.6.